The van der Waals surface area contributed by atoms with E-state index in [0.29, 0.717) is 23.0 Å². The average molecular weight is 309 g/mol. The van der Waals surface area contributed by atoms with E-state index in [1.54, 1.807) is 24.3 Å². The van der Waals surface area contributed by atoms with E-state index in [1.807, 2.05) is 4.90 Å². The van der Waals surface area contributed by atoms with Gasteiger partial charge in [-0.15, -0.1) is 0 Å². The summed E-state index contributed by atoms with van der Waals surface area (Å²) in [4.78, 5) is 14.5. The average Bonchev–Trinajstić information content (AvgIpc) is 2.35. The van der Waals surface area contributed by atoms with Crippen LogP contribution >= 0.6 is 0 Å². The second-order valence-electron chi connectivity index (χ2n) is 6.43. The van der Waals surface area contributed by atoms with Gasteiger partial charge < -0.3 is 4.90 Å². The van der Waals surface area contributed by atoms with E-state index in [2.05, 4.69) is 13.8 Å². The molecule has 1 amide bonds. The Labute approximate surface area is 127 Å². The van der Waals surface area contributed by atoms with Crippen molar-refractivity contribution in [3.63, 3.8) is 0 Å². The molecular weight excluding hydrogens is 286 g/mol. The molecule has 1 aromatic rings. The smallest absolute Gasteiger partial charge is 0.253 e. The highest BCUT2D eigenvalue weighted by molar-refractivity contribution is 7.89. The van der Waals surface area contributed by atoms with Gasteiger partial charge in [-0.2, -0.15) is 0 Å². The zero-order chi connectivity index (χ0) is 15.6. The third-order valence-corrected chi connectivity index (χ3v) is 4.62. The normalized spacial score (nSPS) is 23.1. The lowest BCUT2D eigenvalue weighted by Gasteiger charge is -2.35. The minimum absolute atomic E-state index is 0.00347. The first-order valence-corrected chi connectivity index (χ1v) is 9.36. The molecule has 0 N–H and O–H groups in total. The van der Waals surface area contributed by atoms with Gasteiger partial charge in [0.05, 0.1) is 5.75 Å². The van der Waals surface area contributed by atoms with Gasteiger partial charge >= 0.3 is 0 Å². The van der Waals surface area contributed by atoms with Crippen LogP contribution in [0.1, 0.15) is 36.2 Å². The summed E-state index contributed by atoms with van der Waals surface area (Å²) >= 11 is 0. The summed E-state index contributed by atoms with van der Waals surface area (Å²) in [6.07, 6.45) is 2.35. The number of nitrogens with zero attached hydrogens (tertiary/aromatic N) is 1. The Morgan fingerprint density at radius 3 is 2.43 bits per heavy atom. The van der Waals surface area contributed by atoms with Gasteiger partial charge in [0.25, 0.3) is 5.91 Å². The number of rotatable bonds is 3. The first-order valence-electron chi connectivity index (χ1n) is 7.30. The number of amides is 1. The van der Waals surface area contributed by atoms with E-state index in [9.17, 15) is 13.2 Å². The highest BCUT2D eigenvalue weighted by Gasteiger charge is 2.26. The number of likely N-dealkylation sites (tertiary alicyclic amines) is 1. The molecule has 1 aliphatic heterocycles. The van der Waals surface area contributed by atoms with E-state index in [0.717, 1.165) is 19.5 Å². The van der Waals surface area contributed by atoms with Gasteiger partial charge in [-0.25, -0.2) is 8.42 Å². The van der Waals surface area contributed by atoms with Crippen molar-refractivity contribution in [2.75, 3.05) is 19.3 Å². The van der Waals surface area contributed by atoms with Gasteiger partial charge in [0, 0.05) is 24.9 Å². The molecular formula is C16H23NO3S. The third kappa shape index (κ3) is 4.56. The fourth-order valence-electron chi connectivity index (χ4n) is 3.11. The molecule has 0 radical (unpaired) electrons. The summed E-state index contributed by atoms with van der Waals surface area (Å²) in [5.41, 5.74) is 1.25. The second kappa shape index (κ2) is 6.18. The maximum absolute atomic E-state index is 12.6. The largest absolute Gasteiger partial charge is 0.338 e. The lowest BCUT2D eigenvalue weighted by atomic mass is 9.91. The maximum Gasteiger partial charge on any atom is 0.253 e. The Morgan fingerprint density at radius 1 is 1.24 bits per heavy atom. The number of sulfone groups is 1. The van der Waals surface area contributed by atoms with Crippen LogP contribution in [-0.4, -0.2) is 38.6 Å². The van der Waals surface area contributed by atoms with Crippen LogP contribution in [0.4, 0.5) is 0 Å². The molecule has 0 spiro atoms. The van der Waals surface area contributed by atoms with Crippen molar-refractivity contribution in [2.24, 2.45) is 11.8 Å². The van der Waals surface area contributed by atoms with Crippen LogP contribution in [0.5, 0.6) is 0 Å². The van der Waals surface area contributed by atoms with Crippen LogP contribution in [0, 0.1) is 11.8 Å². The first kappa shape index (κ1) is 16.0. The first-order chi connectivity index (χ1) is 9.74. The van der Waals surface area contributed by atoms with Crippen LogP contribution < -0.4 is 0 Å². The van der Waals surface area contributed by atoms with Crippen molar-refractivity contribution in [3.05, 3.63) is 35.4 Å². The number of carbonyl (C=O) groups excluding carboxylic acids is 1. The van der Waals surface area contributed by atoms with E-state index < -0.39 is 9.84 Å². The molecule has 2 rings (SSSR count). The number of carbonyl (C=O) groups is 1. The molecule has 1 fully saturated rings. The van der Waals surface area contributed by atoms with Gasteiger partial charge in [0.15, 0.2) is 9.84 Å². The molecule has 1 aromatic carbocycles. The van der Waals surface area contributed by atoms with Crippen molar-refractivity contribution in [1.29, 1.82) is 0 Å². The van der Waals surface area contributed by atoms with Crippen LogP contribution in [0.15, 0.2) is 24.3 Å². The predicted molar refractivity (Wildman–Crippen MR) is 83.8 cm³/mol. The number of hydrogen-bond donors (Lipinski definition) is 0. The Hall–Kier alpha value is -1.36. The third-order valence-electron chi connectivity index (χ3n) is 3.76. The molecule has 1 saturated heterocycles. The second-order valence-corrected chi connectivity index (χ2v) is 8.57. The lowest BCUT2D eigenvalue weighted by Crippen LogP contribution is -2.42. The molecule has 4 nitrogen and oxygen atoms in total. The highest BCUT2D eigenvalue weighted by atomic mass is 32.2. The molecule has 5 heteroatoms. The molecule has 0 saturated carbocycles. The molecule has 0 bridgehead atoms. The Morgan fingerprint density at radius 2 is 1.86 bits per heavy atom. The fraction of sp³-hybridized carbons (Fsp3) is 0.562. The van der Waals surface area contributed by atoms with Crippen molar-refractivity contribution < 1.29 is 13.2 Å². The van der Waals surface area contributed by atoms with Crippen molar-refractivity contribution in [1.82, 2.24) is 4.90 Å². The van der Waals surface area contributed by atoms with Gasteiger partial charge in [0.2, 0.25) is 0 Å². The van der Waals surface area contributed by atoms with E-state index in [-0.39, 0.29) is 11.7 Å². The van der Waals surface area contributed by atoms with Gasteiger partial charge in [-0.05, 0) is 36.0 Å². The molecule has 2 atom stereocenters. The zero-order valence-electron chi connectivity index (χ0n) is 12.9. The molecule has 116 valence electrons. The van der Waals surface area contributed by atoms with E-state index in [1.165, 1.54) is 6.26 Å². The summed E-state index contributed by atoms with van der Waals surface area (Å²) in [5, 5.41) is 0. The van der Waals surface area contributed by atoms with Crippen LogP contribution in [0.25, 0.3) is 0 Å². The highest BCUT2D eigenvalue weighted by Crippen LogP contribution is 2.22. The Balaban J connectivity index is 2.17. The topological polar surface area (TPSA) is 54.5 Å². The standard InChI is InChI=1S/C16H23NO3S/c1-12-7-13(2)10-17(9-12)16(18)15-6-4-5-14(8-15)11-21(3,19)20/h4-6,8,12-13H,7,9-11H2,1-3H3/t12-,13+. The van der Waals surface area contributed by atoms with Gasteiger partial charge in [0.1, 0.15) is 0 Å². The van der Waals surface area contributed by atoms with Crippen molar-refractivity contribution in [3.8, 4) is 0 Å². The molecule has 21 heavy (non-hydrogen) atoms. The van der Waals surface area contributed by atoms with E-state index >= 15 is 0 Å². The van der Waals surface area contributed by atoms with E-state index in [4.69, 9.17) is 0 Å². The van der Waals surface area contributed by atoms with Crippen LogP contribution in [-0.2, 0) is 15.6 Å². The quantitative estimate of drug-likeness (QED) is 0.861. The molecule has 1 heterocycles. The zero-order valence-corrected chi connectivity index (χ0v) is 13.7. The number of piperidine rings is 1. The molecule has 0 unspecified atom stereocenters. The summed E-state index contributed by atoms with van der Waals surface area (Å²) in [7, 11) is -3.09. The summed E-state index contributed by atoms with van der Waals surface area (Å²) in [5.74, 6) is 0.999. The van der Waals surface area contributed by atoms with Gasteiger partial charge in [-0.3, -0.25) is 4.79 Å². The monoisotopic (exact) mass is 309 g/mol. The summed E-state index contributed by atoms with van der Waals surface area (Å²) in [6.45, 7) is 5.88. The van der Waals surface area contributed by atoms with Crippen molar-refractivity contribution in [2.45, 2.75) is 26.0 Å². The fourth-order valence-corrected chi connectivity index (χ4v) is 3.89. The SMILES string of the molecule is C[C@@H]1C[C@H](C)CN(C(=O)c2cccc(CS(C)(=O)=O)c2)C1. The van der Waals surface area contributed by atoms with Crippen LogP contribution in [0.3, 0.4) is 0 Å². The Bertz CT molecular complexity index is 614. The summed E-state index contributed by atoms with van der Waals surface area (Å²) < 4.78 is 22.7. The minimum atomic E-state index is -3.09. The Kier molecular flexibility index (Phi) is 4.71. The number of benzene rings is 1. The molecule has 0 aromatic heterocycles. The molecule has 1 aliphatic rings. The predicted octanol–water partition coefficient (Wildman–Crippen LogP) is 2.35. The molecule has 0 aliphatic carbocycles. The summed E-state index contributed by atoms with van der Waals surface area (Å²) in [6, 6.07) is 6.97. The van der Waals surface area contributed by atoms with Crippen molar-refractivity contribution >= 4 is 15.7 Å². The number of hydrogen-bond acceptors (Lipinski definition) is 3. The minimum Gasteiger partial charge on any atom is -0.338 e. The maximum atomic E-state index is 12.6. The lowest BCUT2D eigenvalue weighted by molar-refractivity contribution is 0.0623. The van der Waals surface area contributed by atoms with Gasteiger partial charge in [-0.1, -0.05) is 26.0 Å². The van der Waals surface area contributed by atoms with Crippen LogP contribution in [0.2, 0.25) is 0 Å².